The zero-order valence-electron chi connectivity index (χ0n) is 10.1. The number of nitrogens with one attached hydrogen (secondary N) is 1. The smallest absolute Gasteiger partial charge is 0.254 e. The van der Waals surface area contributed by atoms with E-state index in [9.17, 15) is 9.18 Å². The molecule has 2 rings (SSSR count). The molecule has 0 saturated heterocycles. The standard InChI is InChI=1S/C14H12BrFN2O/c15-11-1-2-13(16)12(9-11)14(19)18-8-5-10-3-6-17-7-4-10/h1-4,6-7,9H,5,8H2,(H,18,19). The topological polar surface area (TPSA) is 42.0 Å². The Morgan fingerprint density at radius 3 is 2.74 bits per heavy atom. The molecule has 5 heteroatoms. The molecule has 1 heterocycles. The van der Waals surface area contributed by atoms with E-state index in [0.717, 1.165) is 5.56 Å². The number of carbonyl (C=O) groups excluding carboxylic acids is 1. The van der Waals surface area contributed by atoms with Crippen LogP contribution in [0, 0.1) is 5.82 Å². The fourth-order valence-corrected chi connectivity index (χ4v) is 2.00. The first-order chi connectivity index (χ1) is 9.16. The largest absolute Gasteiger partial charge is 0.352 e. The molecule has 1 aromatic heterocycles. The lowest BCUT2D eigenvalue weighted by Crippen LogP contribution is -2.26. The first-order valence-electron chi connectivity index (χ1n) is 5.79. The normalized spacial score (nSPS) is 10.2. The molecule has 0 saturated carbocycles. The fraction of sp³-hybridized carbons (Fsp3) is 0.143. The number of hydrogen-bond acceptors (Lipinski definition) is 2. The molecule has 0 atom stereocenters. The van der Waals surface area contributed by atoms with Gasteiger partial charge in [0.2, 0.25) is 0 Å². The first kappa shape index (κ1) is 13.7. The third-order valence-electron chi connectivity index (χ3n) is 2.62. The van der Waals surface area contributed by atoms with E-state index in [4.69, 9.17) is 0 Å². The van der Waals surface area contributed by atoms with Gasteiger partial charge in [-0.15, -0.1) is 0 Å². The second-order valence-corrected chi connectivity index (χ2v) is 4.90. The maximum atomic E-state index is 13.5. The summed E-state index contributed by atoms with van der Waals surface area (Å²) >= 11 is 3.22. The monoisotopic (exact) mass is 322 g/mol. The summed E-state index contributed by atoms with van der Waals surface area (Å²) in [5.74, 6) is -0.933. The van der Waals surface area contributed by atoms with Gasteiger partial charge in [0.15, 0.2) is 0 Å². The van der Waals surface area contributed by atoms with Crippen molar-refractivity contribution in [2.24, 2.45) is 0 Å². The Morgan fingerprint density at radius 2 is 2.00 bits per heavy atom. The van der Waals surface area contributed by atoms with Crippen LogP contribution in [0.4, 0.5) is 4.39 Å². The van der Waals surface area contributed by atoms with Crippen molar-refractivity contribution >= 4 is 21.8 Å². The van der Waals surface area contributed by atoms with Gasteiger partial charge in [-0.2, -0.15) is 0 Å². The summed E-state index contributed by atoms with van der Waals surface area (Å²) < 4.78 is 14.2. The Bertz CT molecular complexity index is 575. The molecular formula is C14H12BrFN2O. The Morgan fingerprint density at radius 1 is 1.26 bits per heavy atom. The van der Waals surface area contributed by atoms with Crippen molar-refractivity contribution in [3.05, 3.63) is 64.1 Å². The molecule has 1 aromatic carbocycles. The van der Waals surface area contributed by atoms with Gasteiger partial charge in [0.1, 0.15) is 5.82 Å². The van der Waals surface area contributed by atoms with Crippen LogP contribution in [0.15, 0.2) is 47.2 Å². The number of nitrogens with zero attached hydrogens (tertiary/aromatic N) is 1. The zero-order valence-corrected chi connectivity index (χ0v) is 11.7. The quantitative estimate of drug-likeness (QED) is 0.940. The molecule has 0 bridgehead atoms. The molecule has 2 aromatic rings. The van der Waals surface area contributed by atoms with Crippen LogP contribution in [0.3, 0.4) is 0 Å². The van der Waals surface area contributed by atoms with Gasteiger partial charge in [-0.3, -0.25) is 9.78 Å². The average molecular weight is 323 g/mol. The highest BCUT2D eigenvalue weighted by Gasteiger charge is 2.11. The molecule has 1 amide bonds. The number of carbonyl (C=O) groups is 1. The van der Waals surface area contributed by atoms with Crippen molar-refractivity contribution in [1.29, 1.82) is 0 Å². The van der Waals surface area contributed by atoms with Crippen LogP contribution in [0.5, 0.6) is 0 Å². The zero-order chi connectivity index (χ0) is 13.7. The third kappa shape index (κ3) is 3.86. The number of halogens is 2. The van der Waals surface area contributed by atoms with E-state index >= 15 is 0 Å². The summed E-state index contributed by atoms with van der Waals surface area (Å²) in [5.41, 5.74) is 1.12. The van der Waals surface area contributed by atoms with Gasteiger partial charge in [-0.1, -0.05) is 15.9 Å². The molecule has 0 aliphatic heterocycles. The Kier molecular flexibility index (Phi) is 4.63. The SMILES string of the molecule is O=C(NCCc1ccncc1)c1cc(Br)ccc1F. The lowest BCUT2D eigenvalue weighted by molar-refractivity contribution is 0.0950. The second-order valence-electron chi connectivity index (χ2n) is 3.99. The third-order valence-corrected chi connectivity index (χ3v) is 3.11. The van der Waals surface area contributed by atoms with Crippen molar-refractivity contribution in [1.82, 2.24) is 10.3 Å². The number of benzene rings is 1. The van der Waals surface area contributed by atoms with Gasteiger partial charge in [0, 0.05) is 23.4 Å². The molecule has 0 aliphatic carbocycles. The minimum atomic E-state index is -0.524. The second kappa shape index (κ2) is 6.43. The van der Waals surface area contributed by atoms with Crippen molar-refractivity contribution in [3.8, 4) is 0 Å². The van der Waals surface area contributed by atoms with Gasteiger partial charge < -0.3 is 5.32 Å². The van der Waals surface area contributed by atoms with Gasteiger partial charge in [0.25, 0.3) is 5.91 Å². The van der Waals surface area contributed by atoms with E-state index in [-0.39, 0.29) is 5.56 Å². The highest BCUT2D eigenvalue weighted by molar-refractivity contribution is 9.10. The van der Waals surface area contributed by atoms with Crippen LogP contribution in [0.2, 0.25) is 0 Å². The molecule has 0 aliphatic rings. The molecular weight excluding hydrogens is 311 g/mol. The molecule has 98 valence electrons. The summed E-state index contributed by atoms with van der Waals surface area (Å²) in [6.07, 6.45) is 4.08. The molecule has 3 nitrogen and oxygen atoms in total. The molecule has 0 fully saturated rings. The van der Waals surface area contributed by atoms with E-state index in [0.29, 0.717) is 17.4 Å². The minimum Gasteiger partial charge on any atom is -0.352 e. The summed E-state index contributed by atoms with van der Waals surface area (Å²) in [7, 11) is 0. The van der Waals surface area contributed by atoms with Crippen LogP contribution in [-0.4, -0.2) is 17.4 Å². The molecule has 1 N–H and O–H groups in total. The maximum absolute atomic E-state index is 13.5. The van der Waals surface area contributed by atoms with Crippen LogP contribution >= 0.6 is 15.9 Å². The Balaban J connectivity index is 1.93. The molecule has 0 radical (unpaired) electrons. The molecule has 19 heavy (non-hydrogen) atoms. The van der Waals surface area contributed by atoms with Crippen LogP contribution < -0.4 is 5.32 Å². The predicted molar refractivity (Wildman–Crippen MR) is 74.4 cm³/mol. The minimum absolute atomic E-state index is 0.0455. The first-order valence-corrected chi connectivity index (χ1v) is 6.58. The lowest BCUT2D eigenvalue weighted by atomic mass is 10.2. The Labute approximate surface area is 119 Å². The van der Waals surface area contributed by atoms with E-state index in [1.807, 2.05) is 12.1 Å². The van der Waals surface area contributed by atoms with E-state index in [1.165, 1.54) is 12.1 Å². The average Bonchev–Trinajstić information content (AvgIpc) is 2.42. The highest BCUT2D eigenvalue weighted by atomic mass is 79.9. The Hall–Kier alpha value is -1.75. The summed E-state index contributed by atoms with van der Waals surface area (Å²) in [6, 6.07) is 8.06. The van der Waals surface area contributed by atoms with Gasteiger partial charge >= 0.3 is 0 Å². The van der Waals surface area contributed by atoms with Crippen LogP contribution in [0.1, 0.15) is 15.9 Å². The van der Waals surface area contributed by atoms with E-state index in [2.05, 4.69) is 26.2 Å². The maximum Gasteiger partial charge on any atom is 0.254 e. The van der Waals surface area contributed by atoms with E-state index in [1.54, 1.807) is 18.5 Å². The highest BCUT2D eigenvalue weighted by Crippen LogP contribution is 2.15. The van der Waals surface area contributed by atoms with Crippen molar-refractivity contribution in [2.75, 3.05) is 6.54 Å². The van der Waals surface area contributed by atoms with Crippen molar-refractivity contribution in [2.45, 2.75) is 6.42 Å². The molecule has 0 spiro atoms. The van der Waals surface area contributed by atoms with Gasteiger partial charge in [-0.05, 0) is 42.3 Å². The van der Waals surface area contributed by atoms with Gasteiger partial charge in [0.05, 0.1) is 5.56 Å². The van der Waals surface area contributed by atoms with Gasteiger partial charge in [-0.25, -0.2) is 4.39 Å². The summed E-state index contributed by atoms with van der Waals surface area (Å²) in [6.45, 7) is 0.453. The number of hydrogen-bond donors (Lipinski definition) is 1. The van der Waals surface area contributed by atoms with Crippen molar-refractivity contribution < 1.29 is 9.18 Å². The van der Waals surface area contributed by atoms with Crippen LogP contribution in [-0.2, 0) is 6.42 Å². The predicted octanol–water partition coefficient (Wildman–Crippen LogP) is 2.96. The number of amides is 1. The number of pyridine rings is 1. The summed E-state index contributed by atoms with van der Waals surface area (Å²) in [5, 5.41) is 2.70. The number of aromatic nitrogens is 1. The fourth-order valence-electron chi connectivity index (χ4n) is 1.64. The molecule has 0 unspecified atom stereocenters. The summed E-state index contributed by atoms with van der Waals surface area (Å²) in [4.78, 5) is 15.7. The van der Waals surface area contributed by atoms with Crippen LogP contribution in [0.25, 0.3) is 0 Å². The lowest BCUT2D eigenvalue weighted by Gasteiger charge is -2.06. The van der Waals surface area contributed by atoms with Crippen molar-refractivity contribution in [3.63, 3.8) is 0 Å². The number of rotatable bonds is 4. The van der Waals surface area contributed by atoms with E-state index < -0.39 is 11.7 Å².